The topological polar surface area (TPSA) is 60.5 Å². The smallest absolute Gasteiger partial charge is 0.100 e. The van der Waals surface area contributed by atoms with E-state index in [4.69, 9.17) is 0 Å². The summed E-state index contributed by atoms with van der Waals surface area (Å²) in [5, 5.41) is 0. The molecule has 0 bridgehead atoms. The van der Waals surface area contributed by atoms with Gasteiger partial charge in [-0.1, -0.05) is 18.8 Å². The summed E-state index contributed by atoms with van der Waals surface area (Å²) in [5.74, 6) is 0. The molecule has 12 heavy (non-hydrogen) atoms. The molecule has 0 saturated heterocycles. The van der Waals surface area contributed by atoms with Gasteiger partial charge in [0.1, 0.15) is 8.52 Å². The fraction of sp³-hybridized carbons (Fsp3) is 0. The molecule has 12 heteroatoms. The third-order valence-corrected chi connectivity index (χ3v) is 4.21. The van der Waals surface area contributed by atoms with Crippen LogP contribution in [-0.4, -0.2) is 29.6 Å². The van der Waals surface area contributed by atoms with Crippen molar-refractivity contribution in [1.82, 2.24) is 19.4 Å². The molecule has 4 N–H and O–H groups in total. The maximum atomic E-state index is 4.09. The maximum Gasteiger partial charge on any atom is 0.100 e. The normalized spacial score (nSPS) is 13.2. The Kier molecular flexibility index (Phi) is 24.1. The van der Waals surface area contributed by atoms with Crippen LogP contribution in [0.5, 0.6) is 0 Å². The van der Waals surface area contributed by atoms with E-state index in [0.29, 0.717) is 26.6 Å². The van der Waals surface area contributed by atoms with E-state index in [1.165, 1.54) is 0 Å². The molecule has 0 aliphatic carbocycles. The van der Waals surface area contributed by atoms with Crippen molar-refractivity contribution in [3.8, 4) is 0 Å². The Labute approximate surface area is 107 Å². The molecule has 0 heterocycles. The van der Waals surface area contributed by atoms with Crippen LogP contribution in [-0.2, 0) is 0 Å². The molecule has 0 aromatic heterocycles. The largest absolute Gasteiger partial charge is 0.269 e. The summed E-state index contributed by atoms with van der Waals surface area (Å²) in [4.78, 5) is 12.0. The van der Waals surface area contributed by atoms with E-state index in [-0.39, 0.29) is 29.6 Å². The number of hydrogen-bond donors (Lipinski definition) is 4. The Balaban J connectivity index is 0. The van der Waals surface area contributed by atoms with Crippen LogP contribution < -0.4 is 19.4 Å². The molecular weight excluding hydrogens is 279 g/mol. The van der Waals surface area contributed by atoms with Gasteiger partial charge in [0.2, 0.25) is 0 Å². The zero-order valence-corrected chi connectivity index (χ0v) is 14.8. The molecule has 0 rings (SSSR count). The van der Waals surface area contributed by atoms with Gasteiger partial charge < -0.3 is 0 Å². The Morgan fingerprint density at radius 2 is 1.92 bits per heavy atom. The molecule has 0 aromatic carbocycles. The third-order valence-electron chi connectivity index (χ3n) is 0.468. The first-order chi connectivity index (χ1) is 5.41. The van der Waals surface area contributed by atoms with Gasteiger partial charge in [0.05, 0.1) is 8.88 Å². The minimum absolute atomic E-state index is 0. The van der Waals surface area contributed by atoms with Crippen LogP contribution in [0.15, 0.2) is 4.52 Å². The fourth-order valence-electron chi connectivity index (χ4n) is 0.199. The van der Waals surface area contributed by atoms with Gasteiger partial charge in [-0.3, -0.25) is 14.6 Å². The van der Waals surface area contributed by atoms with Crippen molar-refractivity contribution in [2.24, 2.45) is 4.52 Å². The van der Waals surface area contributed by atoms with E-state index < -0.39 is 0 Å². The van der Waals surface area contributed by atoms with Crippen molar-refractivity contribution in [3.05, 3.63) is 0 Å². The SMILES string of the molecule is PNPN=PNPNPNP.[Na]. The fourth-order valence-corrected chi connectivity index (χ4v) is 3.91. The Morgan fingerprint density at radius 1 is 1.17 bits per heavy atom. The van der Waals surface area contributed by atoms with Gasteiger partial charge in [0.15, 0.2) is 0 Å². The van der Waals surface area contributed by atoms with E-state index >= 15 is 0 Å². The maximum absolute atomic E-state index is 4.09. The second-order valence-electron chi connectivity index (χ2n) is 1.09. The van der Waals surface area contributed by atoms with Crippen molar-refractivity contribution in [2.75, 3.05) is 0 Å². The first kappa shape index (κ1) is 17.5. The minimum atomic E-state index is 0. The molecule has 5 nitrogen and oxygen atoms in total. The van der Waals surface area contributed by atoms with Crippen molar-refractivity contribution in [3.63, 3.8) is 0 Å². The van der Waals surface area contributed by atoms with Crippen LogP contribution in [0.1, 0.15) is 0 Å². The second kappa shape index (κ2) is 16.5. The molecule has 1 radical (unpaired) electrons. The summed E-state index contributed by atoms with van der Waals surface area (Å²) in [5.41, 5.74) is 0. The monoisotopic (exact) mass is 290 g/mol. The van der Waals surface area contributed by atoms with Gasteiger partial charge in [-0.2, -0.15) is 0 Å². The van der Waals surface area contributed by atoms with Crippen LogP contribution >= 0.6 is 54.0 Å². The van der Waals surface area contributed by atoms with Crippen LogP contribution in [0.4, 0.5) is 0 Å². The zero-order chi connectivity index (χ0) is 8.36. The van der Waals surface area contributed by atoms with E-state index in [1.54, 1.807) is 0 Å². The molecule has 0 fully saturated rings. The van der Waals surface area contributed by atoms with Crippen molar-refractivity contribution < 1.29 is 0 Å². The van der Waals surface area contributed by atoms with Gasteiger partial charge in [-0.25, -0.2) is 9.37 Å². The number of nitrogens with zero attached hydrogens (tertiary/aromatic N) is 1. The van der Waals surface area contributed by atoms with Gasteiger partial charge in [-0.05, 0) is 0 Å². The van der Waals surface area contributed by atoms with E-state index in [9.17, 15) is 0 Å². The zero-order valence-electron chi connectivity index (χ0n) is 6.55. The standard InChI is InChI=1S/H11N5P6.Na/c6-1-8-3-10-5-11-4-9-2-7;/h1-3,8-10H,6-7H2,(H,4,5);. The Bertz CT molecular complexity index is 97.9. The predicted molar refractivity (Wildman–Crippen MR) is 72.0 cm³/mol. The Hall–Kier alpha value is 3.09. The van der Waals surface area contributed by atoms with Crippen LogP contribution in [0.3, 0.4) is 0 Å². The summed E-state index contributed by atoms with van der Waals surface area (Å²) in [7, 11) is 7.34. The van der Waals surface area contributed by atoms with Gasteiger partial charge in [0, 0.05) is 47.3 Å². The summed E-state index contributed by atoms with van der Waals surface area (Å²) >= 11 is 0. The number of hydrogen-bond acceptors (Lipinski definition) is 4. The molecule has 0 aliphatic rings. The molecule has 0 spiro atoms. The average Bonchev–Trinajstić information content (AvgIpc) is 2.03. The van der Waals surface area contributed by atoms with Crippen molar-refractivity contribution >= 4 is 83.5 Å². The van der Waals surface area contributed by atoms with Crippen LogP contribution in [0.2, 0.25) is 0 Å². The molecule has 0 amide bonds. The van der Waals surface area contributed by atoms with Crippen LogP contribution in [0.25, 0.3) is 0 Å². The predicted octanol–water partition coefficient (Wildman–Crippen LogP) is 1.11. The molecular formula is H11N5NaP6. The first-order valence-corrected chi connectivity index (χ1v) is 7.42. The molecule has 0 aliphatic heterocycles. The minimum Gasteiger partial charge on any atom is -0.269 e. The number of nitrogens with one attached hydrogen (secondary N) is 4. The third kappa shape index (κ3) is 15.6. The van der Waals surface area contributed by atoms with E-state index in [1.807, 2.05) is 0 Å². The van der Waals surface area contributed by atoms with Crippen molar-refractivity contribution in [2.45, 2.75) is 0 Å². The van der Waals surface area contributed by atoms with Crippen molar-refractivity contribution in [1.29, 1.82) is 0 Å². The summed E-state index contributed by atoms with van der Waals surface area (Å²) in [6, 6.07) is 0. The molecule has 5 atom stereocenters. The molecule has 5 unspecified atom stereocenters. The molecule has 0 saturated carbocycles. The van der Waals surface area contributed by atoms with Gasteiger partial charge >= 0.3 is 0 Å². The average molecular weight is 290 g/mol. The molecule has 67 valence electrons. The molecule has 0 aromatic rings. The van der Waals surface area contributed by atoms with Gasteiger partial charge in [0.25, 0.3) is 0 Å². The van der Waals surface area contributed by atoms with Crippen LogP contribution in [0, 0.1) is 0 Å². The van der Waals surface area contributed by atoms with E-state index in [2.05, 4.69) is 42.7 Å². The number of rotatable bonds is 7. The van der Waals surface area contributed by atoms with E-state index in [0.717, 1.165) is 8.52 Å². The summed E-state index contributed by atoms with van der Waals surface area (Å²) < 4.78 is 4.09. The summed E-state index contributed by atoms with van der Waals surface area (Å²) in [6.45, 7) is 0. The second-order valence-corrected chi connectivity index (χ2v) is 7.01. The Morgan fingerprint density at radius 3 is 2.50 bits per heavy atom. The summed E-state index contributed by atoms with van der Waals surface area (Å²) in [6.07, 6.45) is 0. The quantitative estimate of drug-likeness (QED) is 0.322. The van der Waals surface area contributed by atoms with Gasteiger partial charge in [-0.15, -0.1) is 0 Å². The first-order valence-electron chi connectivity index (χ1n) is 2.47.